The van der Waals surface area contributed by atoms with Crippen molar-refractivity contribution in [1.82, 2.24) is 10.2 Å². The summed E-state index contributed by atoms with van der Waals surface area (Å²) in [7, 11) is 0. The van der Waals surface area contributed by atoms with E-state index in [0.717, 1.165) is 16.0 Å². The van der Waals surface area contributed by atoms with Crippen LogP contribution in [0.25, 0.3) is 0 Å². The highest BCUT2D eigenvalue weighted by atomic mass is 32.2. The largest absolute Gasteiger partial charge is 0.350 e. The van der Waals surface area contributed by atoms with E-state index in [2.05, 4.69) is 5.32 Å². The third-order valence-electron chi connectivity index (χ3n) is 7.00. The highest BCUT2D eigenvalue weighted by Gasteiger charge is 2.49. The van der Waals surface area contributed by atoms with Crippen molar-refractivity contribution in [2.75, 3.05) is 24.2 Å². The van der Waals surface area contributed by atoms with E-state index in [1.165, 1.54) is 0 Å². The molecule has 192 valence electrons. The Balaban J connectivity index is 1.79. The van der Waals surface area contributed by atoms with Crippen LogP contribution in [0.3, 0.4) is 0 Å². The summed E-state index contributed by atoms with van der Waals surface area (Å²) in [6, 6.07) is 24.9. The van der Waals surface area contributed by atoms with Gasteiger partial charge in [0, 0.05) is 42.7 Å². The van der Waals surface area contributed by atoms with Gasteiger partial charge in [0.05, 0.1) is 0 Å². The number of benzene rings is 3. The number of carbonyl (C=O) groups is 3. The zero-order chi connectivity index (χ0) is 26.4. The molecule has 1 heterocycles. The second-order valence-electron chi connectivity index (χ2n) is 9.41. The smallest absolute Gasteiger partial charge is 0.259 e. The van der Waals surface area contributed by atoms with Gasteiger partial charge in [-0.25, -0.2) is 0 Å². The van der Waals surface area contributed by atoms with Crippen LogP contribution in [0.1, 0.15) is 41.3 Å². The normalized spacial score (nSPS) is 14.6. The Bertz CT molecular complexity index is 1250. The average Bonchev–Trinajstić information content (AvgIpc) is 2.93. The number of likely N-dealkylation sites (tertiary alicyclic amines) is 1. The number of aryl methyl sites for hydroxylation is 1. The van der Waals surface area contributed by atoms with Crippen molar-refractivity contribution in [2.24, 2.45) is 0 Å². The zero-order valence-corrected chi connectivity index (χ0v) is 22.4. The lowest BCUT2D eigenvalue weighted by molar-refractivity contribution is -0.135. The Hall–Kier alpha value is -3.58. The van der Waals surface area contributed by atoms with Crippen molar-refractivity contribution in [3.05, 3.63) is 95.6 Å². The van der Waals surface area contributed by atoms with Crippen LogP contribution in [0.15, 0.2) is 83.8 Å². The van der Waals surface area contributed by atoms with Gasteiger partial charge < -0.3 is 10.2 Å². The van der Waals surface area contributed by atoms with E-state index in [1.807, 2.05) is 92.0 Å². The van der Waals surface area contributed by atoms with E-state index in [4.69, 9.17) is 0 Å². The number of piperidine rings is 1. The first-order valence-corrected chi connectivity index (χ1v) is 13.7. The molecule has 7 heteroatoms. The van der Waals surface area contributed by atoms with Gasteiger partial charge >= 0.3 is 0 Å². The summed E-state index contributed by atoms with van der Waals surface area (Å²) in [5, 5.41) is 3.11. The van der Waals surface area contributed by atoms with Gasteiger partial charge in [0.15, 0.2) is 0 Å². The van der Waals surface area contributed by atoms with Gasteiger partial charge in [-0.15, -0.1) is 11.8 Å². The molecule has 0 aromatic heterocycles. The fourth-order valence-corrected chi connectivity index (χ4v) is 5.27. The molecule has 0 aliphatic carbocycles. The summed E-state index contributed by atoms with van der Waals surface area (Å²) in [6.45, 7) is 4.67. The van der Waals surface area contributed by atoms with Crippen molar-refractivity contribution in [2.45, 2.75) is 43.7 Å². The van der Waals surface area contributed by atoms with Gasteiger partial charge in [0.2, 0.25) is 11.8 Å². The van der Waals surface area contributed by atoms with E-state index in [0.29, 0.717) is 43.7 Å². The van der Waals surface area contributed by atoms with Crippen LogP contribution >= 0.6 is 11.8 Å². The maximum atomic E-state index is 14.2. The molecule has 3 aromatic rings. The Labute approximate surface area is 223 Å². The third kappa shape index (κ3) is 5.88. The molecule has 0 spiro atoms. The number of rotatable bonds is 7. The van der Waals surface area contributed by atoms with Crippen LogP contribution < -0.4 is 10.2 Å². The molecule has 3 amide bonds. The molecule has 1 saturated heterocycles. The summed E-state index contributed by atoms with van der Waals surface area (Å²) < 4.78 is 0. The maximum Gasteiger partial charge on any atom is 0.259 e. The summed E-state index contributed by atoms with van der Waals surface area (Å²) in [4.78, 5) is 44.9. The minimum atomic E-state index is -1.15. The highest BCUT2D eigenvalue weighted by molar-refractivity contribution is 7.98. The fraction of sp³-hybridized carbons (Fsp3) is 0.300. The van der Waals surface area contributed by atoms with Gasteiger partial charge in [0.1, 0.15) is 5.54 Å². The quantitative estimate of drug-likeness (QED) is 0.447. The number of nitrogens with zero attached hydrogens (tertiary/aromatic N) is 2. The van der Waals surface area contributed by atoms with Crippen molar-refractivity contribution in [1.29, 1.82) is 0 Å². The topological polar surface area (TPSA) is 69.7 Å². The number of anilines is 1. The molecule has 37 heavy (non-hydrogen) atoms. The first-order valence-electron chi connectivity index (χ1n) is 12.5. The average molecular weight is 516 g/mol. The van der Waals surface area contributed by atoms with Crippen molar-refractivity contribution >= 4 is 35.2 Å². The highest BCUT2D eigenvalue weighted by Crippen LogP contribution is 2.37. The molecule has 0 bridgehead atoms. The molecule has 0 radical (unpaired) electrons. The Morgan fingerprint density at radius 3 is 2.24 bits per heavy atom. The van der Waals surface area contributed by atoms with E-state index < -0.39 is 5.54 Å². The fourth-order valence-electron chi connectivity index (χ4n) is 4.82. The zero-order valence-electron chi connectivity index (χ0n) is 21.6. The third-order valence-corrected chi connectivity index (χ3v) is 7.72. The van der Waals surface area contributed by atoms with Crippen molar-refractivity contribution < 1.29 is 14.4 Å². The minimum absolute atomic E-state index is 0.0286. The van der Waals surface area contributed by atoms with E-state index in [1.54, 1.807) is 28.5 Å². The first-order chi connectivity index (χ1) is 17.8. The minimum Gasteiger partial charge on any atom is -0.350 e. The van der Waals surface area contributed by atoms with Gasteiger partial charge in [-0.2, -0.15) is 0 Å². The Kier molecular flexibility index (Phi) is 8.34. The molecule has 0 atom stereocenters. The van der Waals surface area contributed by atoms with E-state index in [9.17, 15) is 14.4 Å². The molecule has 1 aliphatic heterocycles. The lowest BCUT2D eigenvalue weighted by Crippen LogP contribution is -2.65. The Morgan fingerprint density at radius 1 is 0.946 bits per heavy atom. The number of hydrogen-bond acceptors (Lipinski definition) is 4. The van der Waals surface area contributed by atoms with Crippen LogP contribution in [0.5, 0.6) is 0 Å². The van der Waals surface area contributed by atoms with Crippen LogP contribution in [0.4, 0.5) is 5.69 Å². The monoisotopic (exact) mass is 515 g/mol. The van der Waals surface area contributed by atoms with Gasteiger partial charge in [-0.3, -0.25) is 19.3 Å². The molecular formula is C30H33N3O3S. The van der Waals surface area contributed by atoms with Crippen LogP contribution in [-0.2, 0) is 16.1 Å². The second kappa shape index (κ2) is 11.6. The van der Waals surface area contributed by atoms with Crippen molar-refractivity contribution in [3.63, 3.8) is 0 Å². The second-order valence-corrected chi connectivity index (χ2v) is 10.3. The molecule has 3 aromatic carbocycles. The predicted octanol–water partition coefficient (Wildman–Crippen LogP) is 5.06. The standard InChI is InChI=1S/C30H33N3O3S/c1-22-12-14-25(15-13-22)28(35)33(26-10-7-11-27(20-26)37-3)30(16-18-32(19-17-30)23(2)34)29(36)31-21-24-8-5-4-6-9-24/h4-15,20H,16-19,21H2,1-3H3,(H,31,36). The molecule has 1 N–H and O–H groups in total. The SMILES string of the molecule is CSc1cccc(N(C(=O)c2ccc(C)cc2)C2(C(=O)NCc3ccccc3)CCN(C(C)=O)CC2)c1. The van der Waals surface area contributed by atoms with Crippen molar-refractivity contribution in [3.8, 4) is 0 Å². The summed E-state index contributed by atoms with van der Waals surface area (Å²) >= 11 is 1.58. The number of hydrogen-bond donors (Lipinski definition) is 1. The van der Waals surface area contributed by atoms with Gasteiger partial charge in [0.25, 0.3) is 5.91 Å². The number of thioether (sulfide) groups is 1. The molecule has 1 fully saturated rings. The number of carbonyl (C=O) groups excluding carboxylic acids is 3. The van der Waals surface area contributed by atoms with Crippen LogP contribution in [0.2, 0.25) is 0 Å². The van der Waals surface area contributed by atoms with Crippen LogP contribution in [0, 0.1) is 6.92 Å². The molecule has 1 aliphatic rings. The lowest BCUT2D eigenvalue weighted by atomic mass is 9.83. The first kappa shape index (κ1) is 26.5. The number of nitrogens with one attached hydrogen (secondary N) is 1. The maximum absolute atomic E-state index is 14.2. The summed E-state index contributed by atoms with van der Waals surface area (Å²) in [5.74, 6) is -0.474. The molecule has 0 unspecified atom stereocenters. The lowest BCUT2D eigenvalue weighted by Gasteiger charge is -2.47. The number of amides is 3. The summed E-state index contributed by atoms with van der Waals surface area (Å²) in [6.07, 6.45) is 2.67. The molecule has 0 saturated carbocycles. The summed E-state index contributed by atoms with van der Waals surface area (Å²) in [5.41, 5.74) is 2.07. The van der Waals surface area contributed by atoms with Gasteiger partial charge in [-0.1, -0.05) is 54.1 Å². The van der Waals surface area contributed by atoms with E-state index >= 15 is 0 Å². The molecule has 6 nitrogen and oxygen atoms in total. The molecular weight excluding hydrogens is 482 g/mol. The van der Waals surface area contributed by atoms with Crippen LogP contribution in [-0.4, -0.2) is 47.5 Å². The molecule has 4 rings (SSSR count). The predicted molar refractivity (Wildman–Crippen MR) is 149 cm³/mol. The van der Waals surface area contributed by atoms with Gasteiger partial charge in [-0.05, 0) is 61.9 Å². The van der Waals surface area contributed by atoms with E-state index in [-0.39, 0.29) is 17.7 Å². The Morgan fingerprint density at radius 2 is 1.62 bits per heavy atom.